The van der Waals surface area contributed by atoms with E-state index in [-0.39, 0.29) is 12.6 Å². The van der Waals surface area contributed by atoms with Crippen LogP contribution >= 0.6 is 0 Å². The second-order valence-electron chi connectivity index (χ2n) is 4.32. The summed E-state index contributed by atoms with van der Waals surface area (Å²) in [6.07, 6.45) is 0.761. The molecule has 2 N–H and O–H groups in total. The Balaban J connectivity index is 2.02. The van der Waals surface area contributed by atoms with E-state index in [0.29, 0.717) is 0 Å². The molecule has 0 fully saturated rings. The van der Waals surface area contributed by atoms with Crippen molar-refractivity contribution in [3.63, 3.8) is 0 Å². The predicted molar refractivity (Wildman–Crippen MR) is 72.3 cm³/mol. The first-order chi connectivity index (χ1) is 8.81. The van der Waals surface area contributed by atoms with Crippen molar-refractivity contribution in [2.45, 2.75) is 19.4 Å². The van der Waals surface area contributed by atoms with Crippen molar-refractivity contribution in [3.05, 3.63) is 48.2 Å². The lowest BCUT2D eigenvalue weighted by Crippen LogP contribution is -2.20. The standard InChI is InChI=1S/C15H19NO2/c1-12(16-10-5-11-17)14-8-9-15(18-14)13-6-3-2-4-7-13/h2-4,6-9,12,16-17H,5,10-11H2,1H3. The molecular weight excluding hydrogens is 226 g/mol. The average molecular weight is 245 g/mol. The highest BCUT2D eigenvalue weighted by atomic mass is 16.3. The summed E-state index contributed by atoms with van der Waals surface area (Å²) >= 11 is 0. The van der Waals surface area contributed by atoms with Crippen LogP contribution in [0.1, 0.15) is 25.1 Å². The van der Waals surface area contributed by atoms with E-state index < -0.39 is 0 Å². The molecule has 0 saturated heterocycles. The van der Waals surface area contributed by atoms with Gasteiger partial charge < -0.3 is 14.8 Å². The largest absolute Gasteiger partial charge is 0.459 e. The van der Waals surface area contributed by atoms with Crippen LogP contribution in [0.25, 0.3) is 11.3 Å². The lowest BCUT2D eigenvalue weighted by Gasteiger charge is -2.10. The molecular formula is C15H19NO2. The Morgan fingerprint density at radius 3 is 2.67 bits per heavy atom. The first-order valence-corrected chi connectivity index (χ1v) is 6.30. The zero-order chi connectivity index (χ0) is 12.8. The van der Waals surface area contributed by atoms with Gasteiger partial charge in [-0.1, -0.05) is 30.3 Å². The SMILES string of the molecule is CC(NCCCO)c1ccc(-c2ccccc2)o1. The second-order valence-corrected chi connectivity index (χ2v) is 4.32. The third-order valence-corrected chi connectivity index (χ3v) is 2.90. The van der Waals surface area contributed by atoms with Crippen LogP contribution in [0.2, 0.25) is 0 Å². The smallest absolute Gasteiger partial charge is 0.134 e. The minimum absolute atomic E-state index is 0.161. The normalized spacial score (nSPS) is 12.6. The molecule has 0 radical (unpaired) electrons. The number of furan rings is 1. The quantitative estimate of drug-likeness (QED) is 0.769. The van der Waals surface area contributed by atoms with Gasteiger partial charge in [0.1, 0.15) is 11.5 Å². The molecule has 0 saturated carbocycles. The van der Waals surface area contributed by atoms with E-state index in [9.17, 15) is 0 Å². The summed E-state index contributed by atoms with van der Waals surface area (Å²) < 4.78 is 5.84. The monoisotopic (exact) mass is 245 g/mol. The number of hydrogen-bond acceptors (Lipinski definition) is 3. The van der Waals surface area contributed by atoms with Gasteiger partial charge in [-0.05, 0) is 32.0 Å². The minimum atomic E-state index is 0.161. The Kier molecular flexibility index (Phi) is 4.56. The van der Waals surface area contributed by atoms with E-state index >= 15 is 0 Å². The van der Waals surface area contributed by atoms with E-state index in [4.69, 9.17) is 9.52 Å². The van der Waals surface area contributed by atoms with Crippen molar-refractivity contribution >= 4 is 0 Å². The summed E-state index contributed by atoms with van der Waals surface area (Å²) in [4.78, 5) is 0. The Hall–Kier alpha value is -1.58. The van der Waals surface area contributed by atoms with Crippen LogP contribution in [-0.4, -0.2) is 18.3 Å². The summed E-state index contributed by atoms with van der Waals surface area (Å²) in [5.41, 5.74) is 1.09. The molecule has 0 bridgehead atoms. The zero-order valence-electron chi connectivity index (χ0n) is 10.6. The molecule has 0 aliphatic rings. The van der Waals surface area contributed by atoms with Gasteiger partial charge in [0.25, 0.3) is 0 Å². The Bertz CT molecular complexity index is 464. The van der Waals surface area contributed by atoms with Crippen LogP contribution < -0.4 is 5.32 Å². The Labute approximate surface area is 107 Å². The molecule has 96 valence electrons. The molecule has 1 atom stereocenters. The average Bonchev–Trinajstić information content (AvgIpc) is 2.89. The van der Waals surface area contributed by atoms with Gasteiger partial charge in [0, 0.05) is 12.2 Å². The van der Waals surface area contributed by atoms with E-state index in [1.54, 1.807) is 0 Å². The number of aliphatic hydroxyl groups excluding tert-OH is 1. The predicted octanol–water partition coefficient (Wildman–Crippen LogP) is 2.98. The lowest BCUT2D eigenvalue weighted by molar-refractivity contribution is 0.282. The first-order valence-electron chi connectivity index (χ1n) is 6.30. The topological polar surface area (TPSA) is 45.4 Å². The third kappa shape index (κ3) is 3.22. The second kappa shape index (κ2) is 6.38. The molecule has 0 aliphatic carbocycles. The maximum atomic E-state index is 8.74. The van der Waals surface area contributed by atoms with Crippen LogP contribution in [-0.2, 0) is 0 Å². The van der Waals surface area contributed by atoms with Crippen LogP contribution in [0.3, 0.4) is 0 Å². The number of rotatable bonds is 6. The summed E-state index contributed by atoms with van der Waals surface area (Å²) in [5.74, 6) is 1.81. The summed E-state index contributed by atoms with van der Waals surface area (Å²) in [6.45, 7) is 3.07. The summed E-state index contributed by atoms with van der Waals surface area (Å²) in [5, 5.41) is 12.0. The highest BCUT2D eigenvalue weighted by molar-refractivity contribution is 5.57. The van der Waals surface area contributed by atoms with Crippen LogP contribution in [0.15, 0.2) is 46.9 Å². The minimum Gasteiger partial charge on any atom is -0.459 e. The molecule has 1 aromatic heterocycles. The van der Waals surface area contributed by atoms with E-state index in [1.165, 1.54) is 0 Å². The van der Waals surface area contributed by atoms with Crippen molar-refractivity contribution in [1.29, 1.82) is 0 Å². The number of nitrogens with one attached hydrogen (secondary N) is 1. The fourth-order valence-corrected chi connectivity index (χ4v) is 1.84. The summed E-state index contributed by atoms with van der Waals surface area (Å²) in [7, 11) is 0. The van der Waals surface area contributed by atoms with Gasteiger partial charge in [-0.15, -0.1) is 0 Å². The molecule has 2 aromatic rings. The van der Waals surface area contributed by atoms with Crippen molar-refractivity contribution in [2.24, 2.45) is 0 Å². The van der Waals surface area contributed by atoms with Crippen molar-refractivity contribution in [1.82, 2.24) is 5.32 Å². The molecule has 2 rings (SSSR count). The Morgan fingerprint density at radius 1 is 1.17 bits per heavy atom. The summed E-state index contributed by atoms with van der Waals surface area (Å²) in [6, 6.07) is 14.2. The molecule has 0 spiro atoms. The Morgan fingerprint density at radius 2 is 1.94 bits per heavy atom. The van der Waals surface area contributed by atoms with Gasteiger partial charge >= 0.3 is 0 Å². The molecule has 3 nitrogen and oxygen atoms in total. The van der Waals surface area contributed by atoms with Crippen molar-refractivity contribution in [3.8, 4) is 11.3 Å². The van der Waals surface area contributed by atoms with Gasteiger partial charge in [0.05, 0.1) is 6.04 Å². The molecule has 1 heterocycles. The highest BCUT2D eigenvalue weighted by Gasteiger charge is 2.10. The van der Waals surface area contributed by atoms with Gasteiger partial charge in [-0.25, -0.2) is 0 Å². The molecule has 3 heteroatoms. The highest BCUT2D eigenvalue weighted by Crippen LogP contribution is 2.24. The first kappa shape index (κ1) is 12.9. The molecule has 1 unspecified atom stereocenters. The van der Waals surface area contributed by atoms with Gasteiger partial charge in [0.15, 0.2) is 0 Å². The molecule has 0 aliphatic heterocycles. The van der Waals surface area contributed by atoms with Crippen molar-refractivity contribution in [2.75, 3.05) is 13.2 Å². The fraction of sp³-hybridized carbons (Fsp3) is 0.333. The van der Waals surface area contributed by atoms with Gasteiger partial charge in [0.2, 0.25) is 0 Å². The lowest BCUT2D eigenvalue weighted by atomic mass is 10.2. The molecule has 18 heavy (non-hydrogen) atoms. The van der Waals surface area contributed by atoms with Crippen LogP contribution in [0, 0.1) is 0 Å². The van der Waals surface area contributed by atoms with Gasteiger partial charge in [-0.2, -0.15) is 0 Å². The zero-order valence-corrected chi connectivity index (χ0v) is 10.6. The van der Waals surface area contributed by atoms with Crippen LogP contribution in [0.4, 0.5) is 0 Å². The maximum Gasteiger partial charge on any atom is 0.134 e. The van der Waals surface area contributed by atoms with Gasteiger partial charge in [-0.3, -0.25) is 0 Å². The number of aliphatic hydroxyl groups is 1. The van der Waals surface area contributed by atoms with E-state index in [0.717, 1.165) is 30.0 Å². The fourth-order valence-electron chi connectivity index (χ4n) is 1.84. The van der Waals surface area contributed by atoms with Crippen molar-refractivity contribution < 1.29 is 9.52 Å². The molecule has 1 aromatic carbocycles. The number of hydrogen-bond donors (Lipinski definition) is 2. The maximum absolute atomic E-state index is 8.74. The third-order valence-electron chi connectivity index (χ3n) is 2.90. The molecule has 0 amide bonds. The van der Waals surface area contributed by atoms with E-state index in [1.807, 2.05) is 42.5 Å². The van der Waals surface area contributed by atoms with E-state index in [2.05, 4.69) is 12.2 Å². The number of benzene rings is 1. The van der Waals surface area contributed by atoms with Crippen LogP contribution in [0.5, 0.6) is 0 Å².